The number of halogens is 2. The summed E-state index contributed by atoms with van der Waals surface area (Å²) in [6.45, 7) is -0.382. The van der Waals surface area contributed by atoms with Crippen LogP contribution < -0.4 is 9.47 Å². The third-order valence-corrected chi connectivity index (χ3v) is 2.66. The molecular weight excluding hydrogens is 272 g/mol. The molecule has 7 heteroatoms. The molecule has 0 atom stereocenters. The molecule has 5 nitrogen and oxygen atoms in total. The first-order valence-electron chi connectivity index (χ1n) is 6.02. The van der Waals surface area contributed by atoms with Crippen molar-refractivity contribution >= 4 is 5.97 Å². The molecule has 0 aliphatic rings. The van der Waals surface area contributed by atoms with Crippen molar-refractivity contribution in [1.29, 1.82) is 0 Å². The van der Waals surface area contributed by atoms with Gasteiger partial charge in [-0.3, -0.25) is 9.69 Å². The number of likely N-dealkylation sites (N-methyl/N-ethyl adjacent to an activating group) is 1. The van der Waals surface area contributed by atoms with E-state index >= 15 is 0 Å². The molecular formula is C13H17F2NO4. The van der Waals surface area contributed by atoms with E-state index in [0.29, 0.717) is 18.7 Å². The van der Waals surface area contributed by atoms with Crippen molar-refractivity contribution in [3.8, 4) is 11.5 Å². The van der Waals surface area contributed by atoms with Gasteiger partial charge in [-0.05, 0) is 24.2 Å². The quantitative estimate of drug-likeness (QED) is 0.795. The van der Waals surface area contributed by atoms with Crippen molar-refractivity contribution in [3.63, 3.8) is 0 Å². The van der Waals surface area contributed by atoms with Gasteiger partial charge in [0.25, 0.3) is 0 Å². The first-order chi connectivity index (χ1) is 9.46. The van der Waals surface area contributed by atoms with Gasteiger partial charge < -0.3 is 14.6 Å². The summed E-state index contributed by atoms with van der Waals surface area (Å²) in [4.78, 5) is 12.3. The maximum absolute atomic E-state index is 12.3. The summed E-state index contributed by atoms with van der Waals surface area (Å²) < 4.78 is 33.9. The number of hydrogen-bond donors (Lipinski definition) is 1. The molecule has 20 heavy (non-hydrogen) atoms. The van der Waals surface area contributed by atoms with Crippen LogP contribution in [0.3, 0.4) is 0 Å². The summed E-state index contributed by atoms with van der Waals surface area (Å²) in [6.07, 6.45) is 0. The molecule has 0 saturated carbocycles. The van der Waals surface area contributed by atoms with E-state index in [4.69, 9.17) is 9.84 Å². The lowest BCUT2D eigenvalue weighted by Crippen LogP contribution is -2.29. The number of nitrogens with zero attached hydrogens (tertiary/aromatic N) is 1. The average molecular weight is 289 g/mol. The molecule has 1 rings (SSSR count). The summed E-state index contributed by atoms with van der Waals surface area (Å²) >= 11 is 0. The Labute approximate surface area is 115 Å². The third kappa shape index (κ3) is 5.00. The highest BCUT2D eigenvalue weighted by atomic mass is 19.3. The largest absolute Gasteiger partial charge is 0.493 e. The van der Waals surface area contributed by atoms with Crippen molar-refractivity contribution in [3.05, 3.63) is 23.8 Å². The topological polar surface area (TPSA) is 59.0 Å². The molecule has 0 spiro atoms. The number of rotatable bonds is 8. The van der Waals surface area contributed by atoms with Crippen LogP contribution in [0.25, 0.3) is 0 Å². The second-order valence-corrected chi connectivity index (χ2v) is 4.06. The van der Waals surface area contributed by atoms with Gasteiger partial charge in [0.2, 0.25) is 0 Å². The fourth-order valence-corrected chi connectivity index (χ4v) is 1.74. The van der Waals surface area contributed by atoms with Crippen LogP contribution in [0.2, 0.25) is 0 Å². The number of methoxy groups -OCH3 is 1. The second kappa shape index (κ2) is 7.64. The zero-order valence-electron chi connectivity index (χ0n) is 11.3. The average Bonchev–Trinajstić information content (AvgIpc) is 2.37. The lowest BCUT2D eigenvalue weighted by atomic mass is 10.2. The Morgan fingerprint density at radius 2 is 2.10 bits per heavy atom. The first kappa shape index (κ1) is 16.2. The zero-order chi connectivity index (χ0) is 15.1. The number of hydrogen-bond acceptors (Lipinski definition) is 4. The molecule has 0 aliphatic carbocycles. The number of carboxylic acid groups (broad SMARTS) is 1. The molecule has 0 unspecified atom stereocenters. The zero-order valence-corrected chi connectivity index (χ0v) is 11.3. The fourth-order valence-electron chi connectivity index (χ4n) is 1.74. The number of carboxylic acids is 1. The third-order valence-electron chi connectivity index (χ3n) is 2.66. The standard InChI is InChI=1S/C13H17F2NO4/c1-3-16(8-12(17)18)7-9-4-5-10(19-2)11(6-9)20-13(14)15/h4-6,13H,3,7-8H2,1-2H3,(H,17,18). The number of aliphatic carboxylic acids is 1. The van der Waals surface area contributed by atoms with Crippen molar-refractivity contribution in [2.75, 3.05) is 20.2 Å². The minimum absolute atomic E-state index is 0.0635. The summed E-state index contributed by atoms with van der Waals surface area (Å²) in [5.74, 6) is -0.800. The predicted molar refractivity (Wildman–Crippen MR) is 68.2 cm³/mol. The van der Waals surface area contributed by atoms with Gasteiger partial charge in [-0.15, -0.1) is 0 Å². The predicted octanol–water partition coefficient (Wildman–Crippen LogP) is 2.20. The summed E-state index contributed by atoms with van der Waals surface area (Å²) in [5.41, 5.74) is 0.671. The molecule has 0 amide bonds. The minimum atomic E-state index is -2.94. The van der Waals surface area contributed by atoms with E-state index in [9.17, 15) is 13.6 Å². The van der Waals surface area contributed by atoms with E-state index in [1.165, 1.54) is 19.2 Å². The van der Waals surface area contributed by atoms with Gasteiger partial charge in [-0.2, -0.15) is 8.78 Å². The summed E-state index contributed by atoms with van der Waals surface area (Å²) in [7, 11) is 1.36. The Kier molecular flexibility index (Phi) is 6.17. The molecule has 1 N–H and O–H groups in total. The van der Waals surface area contributed by atoms with Gasteiger partial charge >= 0.3 is 12.6 Å². The van der Waals surface area contributed by atoms with E-state index in [-0.39, 0.29) is 18.0 Å². The molecule has 1 aromatic rings. The molecule has 0 bridgehead atoms. The highest BCUT2D eigenvalue weighted by Gasteiger charge is 2.13. The Hall–Kier alpha value is -1.89. The van der Waals surface area contributed by atoms with E-state index in [1.807, 2.05) is 6.92 Å². The number of alkyl halides is 2. The fraction of sp³-hybridized carbons (Fsp3) is 0.462. The molecule has 0 aliphatic heterocycles. The number of ether oxygens (including phenoxy) is 2. The van der Waals surface area contributed by atoms with Crippen LogP contribution in [0.1, 0.15) is 12.5 Å². The van der Waals surface area contributed by atoms with Crippen LogP contribution in [0, 0.1) is 0 Å². The van der Waals surface area contributed by atoms with Crippen molar-refractivity contribution in [1.82, 2.24) is 4.90 Å². The first-order valence-corrected chi connectivity index (χ1v) is 6.02. The maximum Gasteiger partial charge on any atom is 0.387 e. The molecule has 0 heterocycles. The second-order valence-electron chi connectivity index (χ2n) is 4.06. The van der Waals surface area contributed by atoms with Crippen molar-refractivity contribution in [2.45, 2.75) is 20.1 Å². The van der Waals surface area contributed by atoms with Gasteiger partial charge in [0, 0.05) is 6.54 Å². The Bertz CT molecular complexity index is 454. The van der Waals surface area contributed by atoms with Crippen LogP contribution in [-0.2, 0) is 11.3 Å². The van der Waals surface area contributed by atoms with Crippen molar-refractivity contribution in [2.24, 2.45) is 0 Å². The van der Waals surface area contributed by atoms with Gasteiger partial charge in [-0.25, -0.2) is 0 Å². The molecule has 0 saturated heterocycles. The van der Waals surface area contributed by atoms with Crippen LogP contribution in [-0.4, -0.2) is 42.8 Å². The summed E-state index contributed by atoms with van der Waals surface area (Å²) in [6, 6.07) is 4.62. The minimum Gasteiger partial charge on any atom is -0.493 e. The van der Waals surface area contributed by atoms with E-state index < -0.39 is 12.6 Å². The lowest BCUT2D eigenvalue weighted by molar-refractivity contribution is -0.138. The van der Waals surface area contributed by atoms with E-state index in [1.54, 1.807) is 11.0 Å². The Balaban J connectivity index is 2.87. The van der Waals surface area contributed by atoms with Gasteiger partial charge in [0.1, 0.15) is 0 Å². The number of carbonyl (C=O) groups is 1. The van der Waals surface area contributed by atoms with E-state index in [2.05, 4.69) is 4.74 Å². The van der Waals surface area contributed by atoms with Crippen LogP contribution in [0.5, 0.6) is 11.5 Å². The molecule has 1 aromatic carbocycles. The lowest BCUT2D eigenvalue weighted by Gasteiger charge is -2.19. The maximum atomic E-state index is 12.3. The SMILES string of the molecule is CCN(CC(=O)O)Cc1ccc(OC)c(OC(F)F)c1. The summed E-state index contributed by atoms with van der Waals surface area (Å²) in [5, 5.41) is 8.76. The monoisotopic (exact) mass is 289 g/mol. The van der Waals surface area contributed by atoms with Crippen LogP contribution in [0.15, 0.2) is 18.2 Å². The number of benzene rings is 1. The van der Waals surface area contributed by atoms with Gasteiger partial charge in [0.05, 0.1) is 13.7 Å². The van der Waals surface area contributed by atoms with Crippen molar-refractivity contribution < 1.29 is 28.2 Å². The molecule has 0 aromatic heterocycles. The highest BCUT2D eigenvalue weighted by molar-refractivity contribution is 5.69. The molecule has 0 radical (unpaired) electrons. The normalized spacial score (nSPS) is 10.9. The van der Waals surface area contributed by atoms with Crippen LogP contribution >= 0.6 is 0 Å². The molecule has 0 fully saturated rings. The smallest absolute Gasteiger partial charge is 0.387 e. The Morgan fingerprint density at radius 1 is 1.40 bits per heavy atom. The van der Waals surface area contributed by atoms with Crippen LogP contribution in [0.4, 0.5) is 8.78 Å². The van der Waals surface area contributed by atoms with E-state index in [0.717, 1.165) is 0 Å². The highest BCUT2D eigenvalue weighted by Crippen LogP contribution is 2.29. The van der Waals surface area contributed by atoms with Gasteiger partial charge in [-0.1, -0.05) is 13.0 Å². The molecule has 112 valence electrons. The Morgan fingerprint density at radius 3 is 2.60 bits per heavy atom. The van der Waals surface area contributed by atoms with Gasteiger partial charge in [0.15, 0.2) is 11.5 Å².